The van der Waals surface area contributed by atoms with Crippen LogP contribution in [0.5, 0.6) is 5.75 Å². The molecular weight excluding hydrogens is 314 g/mol. The average molecular weight is 334 g/mol. The van der Waals surface area contributed by atoms with Crippen molar-refractivity contribution in [1.82, 2.24) is 5.32 Å². The fourth-order valence-corrected chi connectivity index (χ4v) is 2.82. The second-order valence-electron chi connectivity index (χ2n) is 4.91. The third-order valence-electron chi connectivity index (χ3n) is 3.48. The van der Waals surface area contributed by atoms with Crippen LogP contribution in [0.4, 0.5) is 0 Å². The molecule has 1 N–H and O–H groups in total. The first-order chi connectivity index (χ1) is 9.61. The highest BCUT2D eigenvalue weighted by Gasteiger charge is 2.12. The molecule has 0 heterocycles. The van der Waals surface area contributed by atoms with E-state index in [1.807, 2.05) is 12.1 Å². The van der Waals surface area contributed by atoms with Crippen LogP contribution in [-0.2, 0) is 0 Å². The Bertz CT molecular complexity index is 556. The van der Waals surface area contributed by atoms with Crippen molar-refractivity contribution in [3.63, 3.8) is 0 Å². The van der Waals surface area contributed by atoms with Crippen molar-refractivity contribution in [3.8, 4) is 5.75 Å². The van der Waals surface area contributed by atoms with Crippen molar-refractivity contribution in [3.05, 3.63) is 64.1 Å². The SMILES string of the molecule is COc1ccc(C(C)NC(C)c2ccccc2)cc1Br. The maximum Gasteiger partial charge on any atom is 0.133 e. The lowest BCUT2D eigenvalue weighted by Crippen LogP contribution is -2.22. The Hall–Kier alpha value is -1.32. The van der Waals surface area contributed by atoms with E-state index in [9.17, 15) is 0 Å². The minimum atomic E-state index is 0.271. The summed E-state index contributed by atoms with van der Waals surface area (Å²) in [7, 11) is 1.68. The number of ether oxygens (including phenoxy) is 1. The molecule has 2 unspecified atom stereocenters. The number of rotatable bonds is 5. The molecule has 2 aromatic carbocycles. The predicted octanol–water partition coefficient (Wildman–Crippen LogP) is 4.87. The molecule has 2 atom stereocenters. The van der Waals surface area contributed by atoms with Crippen molar-refractivity contribution >= 4 is 15.9 Å². The molecule has 0 fully saturated rings. The highest BCUT2D eigenvalue weighted by Crippen LogP contribution is 2.28. The molecule has 0 bridgehead atoms. The molecule has 0 saturated carbocycles. The van der Waals surface area contributed by atoms with Crippen molar-refractivity contribution in [2.24, 2.45) is 0 Å². The Balaban J connectivity index is 2.08. The Morgan fingerprint density at radius 2 is 1.60 bits per heavy atom. The van der Waals surface area contributed by atoms with Gasteiger partial charge < -0.3 is 10.1 Å². The largest absolute Gasteiger partial charge is 0.496 e. The first-order valence-corrected chi connectivity index (χ1v) is 7.55. The third kappa shape index (κ3) is 3.62. The molecule has 0 radical (unpaired) electrons. The van der Waals surface area contributed by atoms with Crippen molar-refractivity contribution < 1.29 is 4.74 Å². The Labute approximate surface area is 129 Å². The first-order valence-electron chi connectivity index (χ1n) is 6.76. The molecule has 20 heavy (non-hydrogen) atoms. The van der Waals surface area contributed by atoms with Gasteiger partial charge in [0, 0.05) is 12.1 Å². The van der Waals surface area contributed by atoms with Gasteiger partial charge in [0.2, 0.25) is 0 Å². The number of hydrogen-bond donors (Lipinski definition) is 1. The van der Waals surface area contributed by atoms with Crippen molar-refractivity contribution in [1.29, 1.82) is 0 Å². The lowest BCUT2D eigenvalue weighted by Gasteiger charge is -2.21. The van der Waals surface area contributed by atoms with Crippen molar-refractivity contribution in [2.75, 3.05) is 7.11 Å². The zero-order valence-electron chi connectivity index (χ0n) is 12.1. The summed E-state index contributed by atoms with van der Waals surface area (Å²) in [5.41, 5.74) is 2.53. The third-order valence-corrected chi connectivity index (χ3v) is 4.10. The number of nitrogens with one attached hydrogen (secondary N) is 1. The van der Waals surface area contributed by atoms with Crippen LogP contribution in [0.15, 0.2) is 53.0 Å². The number of benzene rings is 2. The van der Waals surface area contributed by atoms with Gasteiger partial charge in [-0.3, -0.25) is 0 Å². The molecule has 0 spiro atoms. The van der Waals surface area contributed by atoms with Gasteiger partial charge in [-0.25, -0.2) is 0 Å². The Morgan fingerprint density at radius 1 is 0.950 bits per heavy atom. The van der Waals surface area contributed by atoms with E-state index in [2.05, 4.69) is 71.5 Å². The summed E-state index contributed by atoms with van der Waals surface area (Å²) in [5.74, 6) is 0.858. The second kappa shape index (κ2) is 6.91. The normalized spacial score (nSPS) is 13.8. The minimum absolute atomic E-state index is 0.271. The second-order valence-corrected chi connectivity index (χ2v) is 5.77. The Morgan fingerprint density at radius 3 is 2.20 bits per heavy atom. The van der Waals surface area contributed by atoms with Gasteiger partial charge in [0.25, 0.3) is 0 Å². The van der Waals surface area contributed by atoms with E-state index < -0.39 is 0 Å². The molecule has 0 saturated heterocycles. The number of halogens is 1. The molecule has 0 aliphatic heterocycles. The maximum absolute atomic E-state index is 5.26. The van der Waals surface area contributed by atoms with Gasteiger partial charge in [-0.15, -0.1) is 0 Å². The molecule has 3 heteroatoms. The molecule has 2 aromatic rings. The van der Waals surface area contributed by atoms with Crippen LogP contribution in [0.1, 0.15) is 37.1 Å². The zero-order chi connectivity index (χ0) is 14.5. The number of hydrogen-bond acceptors (Lipinski definition) is 2. The van der Waals surface area contributed by atoms with Crippen LogP contribution in [0.25, 0.3) is 0 Å². The van der Waals surface area contributed by atoms with Crippen molar-refractivity contribution in [2.45, 2.75) is 25.9 Å². The minimum Gasteiger partial charge on any atom is -0.496 e. The van der Waals surface area contributed by atoms with E-state index in [1.165, 1.54) is 11.1 Å². The molecule has 0 aliphatic rings. The summed E-state index contributed by atoms with van der Waals surface area (Å²) in [5, 5.41) is 3.62. The smallest absolute Gasteiger partial charge is 0.133 e. The molecule has 106 valence electrons. The molecule has 0 amide bonds. The van der Waals surface area contributed by atoms with E-state index in [4.69, 9.17) is 4.74 Å². The lowest BCUT2D eigenvalue weighted by molar-refractivity contribution is 0.411. The standard InChI is InChI=1S/C17H20BrNO/c1-12(14-7-5-4-6-8-14)19-13(2)15-9-10-17(20-3)16(18)11-15/h4-13,19H,1-3H3. The van der Waals surface area contributed by atoms with Gasteiger partial charge in [-0.05, 0) is 53.0 Å². The lowest BCUT2D eigenvalue weighted by atomic mass is 10.0. The molecule has 2 rings (SSSR count). The maximum atomic E-state index is 5.26. The van der Waals surface area contributed by atoms with Gasteiger partial charge in [-0.2, -0.15) is 0 Å². The van der Waals surface area contributed by atoms with E-state index in [0.717, 1.165) is 10.2 Å². The van der Waals surface area contributed by atoms with Gasteiger partial charge in [0.1, 0.15) is 5.75 Å². The van der Waals surface area contributed by atoms with Crippen LogP contribution in [0, 0.1) is 0 Å². The summed E-state index contributed by atoms with van der Waals surface area (Å²) in [4.78, 5) is 0. The summed E-state index contributed by atoms with van der Waals surface area (Å²) in [6, 6.07) is 17.3. The highest BCUT2D eigenvalue weighted by atomic mass is 79.9. The fourth-order valence-electron chi connectivity index (χ4n) is 2.26. The molecular formula is C17H20BrNO. The van der Waals surface area contributed by atoms with Crippen LogP contribution in [0.2, 0.25) is 0 Å². The van der Waals surface area contributed by atoms with E-state index in [0.29, 0.717) is 6.04 Å². The summed E-state index contributed by atoms with van der Waals surface area (Å²) in [6.07, 6.45) is 0. The monoisotopic (exact) mass is 333 g/mol. The highest BCUT2D eigenvalue weighted by molar-refractivity contribution is 9.10. The molecule has 0 aromatic heterocycles. The quantitative estimate of drug-likeness (QED) is 0.842. The average Bonchev–Trinajstić information content (AvgIpc) is 2.48. The summed E-state index contributed by atoms with van der Waals surface area (Å²) < 4.78 is 6.25. The summed E-state index contributed by atoms with van der Waals surface area (Å²) >= 11 is 3.53. The van der Waals surface area contributed by atoms with Gasteiger partial charge in [0.05, 0.1) is 11.6 Å². The zero-order valence-corrected chi connectivity index (χ0v) is 13.6. The van der Waals surface area contributed by atoms with Crippen LogP contribution in [-0.4, -0.2) is 7.11 Å². The van der Waals surface area contributed by atoms with E-state index in [-0.39, 0.29) is 6.04 Å². The fraction of sp³-hybridized carbons (Fsp3) is 0.294. The summed E-state index contributed by atoms with van der Waals surface area (Å²) in [6.45, 7) is 4.36. The van der Waals surface area contributed by atoms with Crippen LogP contribution < -0.4 is 10.1 Å². The van der Waals surface area contributed by atoms with Crippen LogP contribution in [0.3, 0.4) is 0 Å². The van der Waals surface area contributed by atoms with Gasteiger partial charge in [-0.1, -0.05) is 36.4 Å². The topological polar surface area (TPSA) is 21.3 Å². The van der Waals surface area contributed by atoms with Crippen LogP contribution >= 0.6 is 15.9 Å². The Kier molecular flexibility index (Phi) is 5.21. The molecule has 2 nitrogen and oxygen atoms in total. The molecule has 0 aliphatic carbocycles. The van der Waals surface area contributed by atoms with E-state index >= 15 is 0 Å². The van der Waals surface area contributed by atoms with Gasteiger partial charge >= 0.3 is 0 Å². The number of methoxy groups -OCH3 is 1. The van der Waals surface area contributed by atoms with Gasteiger partial charge in [0.15, 0.2) is 0 Å². The first kappa shape index (κ1) is 15.1. The predicted molar refractivity (Wildman–Crippen MR) is 87.1 cm³/mol. The van der Waals surface area contributed by atoms with E-state index in [1.54, 1.807) is 7.11 Å².